The van der Waals surface area contributed by atoms with Crippen molar-refractivity contribution in [3.05, 3.63) is 0 Å². The molecule has 0 aromatic rings. The predicted molar refractivity (Wildman–Crippen MR) is 253 cm³/mol. The van der Waals surface area contributed by atoms with Crippen LogP contribution in [0.25, 0.3) is 0 Å². The van der Waals surface area contributed by atoms with E-state index in [1.54, 1.807) is 0 Å². The fourth-order valence-corrected chi connectivity index (χ4v) is 6.81. The average molecular weight is 920 g/mol. The number of carbonyl (C=O) groups excluding carboxylic acids is 2. The van der Waals surface area contributed by atoms with E-state index in [0.717, 1.165) is 32.1 Å². The Morgan fingerprint density at radius 1 is 0.607 bits per heavy atom. The van der Waals surface area contributed by atoms with E-state index in [-0.39, 0.29) is 34.0 Å². The van der Waals surface area contributed by atoms with Crippen LogP contribution in [0.3, 0.4) is 0 Å². The van der Waals surface area contributed by atoms with Gasteiger partial charge in [-0.2, -0.15) is 0 Å². The van der Waals surface area contributed by atoms with Crippen LogP contribution in [0.15, 0.2) is 0 Å². The minimum absolute atomic E-state index is 0. The molecule has 362 valence electrons. The van der Waals surface area contributed by atoms with Gasteiger partial charge in [0.05, 0.1) is 6.61 Å². The number of ether oxygens (including phenoxy) is 2. The molecule has 17 nitrogen and oxygen atoms in total. The zero-order valence-corrected chi connectivity index (χ0v) is 35.6. The fraction of sp³-hybridized carbons (Fsp3) is 0.571. The Kier molecular flexibility index (Phi) is 30.6. The second-order valence-corrected chi connectivity index (χ2v) is 15.6. The monoisotopic (exact) mass is 920 g/mol. The number of phosphoric acid groups is 2. The van der Waals surface area contributed by atoms with Gasteiger partial charge in [0, 0.05) is 33.7 Å². The van der Waals surface area contributed by atoms with Crippen LogP contribution in [-0.2, 0) is 41.8 Å². The summed E-state index contributed by atoms with van der Waals surface area (Å²) in [5.74, 6) is 32.8. The van der Waals surface area contributed by atoms with Crippen molar-refractivity contribution in [3.63, 3.8) is 0 Å². The molecule has 0 aliphatic heterocycles. The maximum atomic E-state index is 12.9. The second kappa shape index (κ2) is 33.1. The molecule has 1 aliphatic carbocycles. The van der Waals surface area contributed by atoms with Crippen molar-refractivity contribution in [2.24, 2.45) is 0 Å². The van der Waals surface area contributed by atoms with Crippen LogP contribution in [0.1, 0.15) is 118 Å². The molecular formula is C42H83NO16P2. The number of carbonyl (C=O) groups is 2. The number of aliphatic hydroxyl groups is 4. The Morgan fingerprint density at radius 3 is 1.49 bits per heavy atom. The van der Waals surface area contributed by atoms with Gasteiger partial charge in [-0.05, 0) is 89.3 Å². The van der Waals surface area contributed by atoms with Gasteiger partial charge in [0.15, 0.2) is 6.10 Å². The van der Waals surface area contributed by atoms with E-state index in [0.29, 0.717) is 6.42 Å². The van der Waals surface area contributed by atoms with Crippen LogP contribution in [0, 0.1) is 95.2 Å². The van der Waals surface area contributed by atoms with Gasteiger partial charge in [0.1, 0.15) is 43.2 Å². The van der Waals surface area contributed by atoms with E-state index in [9.17, 15) is 44.0 Å². The molecule has 0 radical (unpaired) electrons. The summed E-state index contributed by atoms with van der Waals surface area (Å²) < 4.78 is 48.5. The normalized spacial score (nSPS) is 20.0. The van der Waals surface area contributed by atoms with Crippen molar-refractivity contribution in [2.75, 3.05) is 13.2 Å². The highest BCUT2D eigenvalue weighted by Gasteiger charge is 2.54. The van der Waals surface area contributed by atoms with E-state index in [1.807, 2.05) is 5.92 Å². The number of aliphatic hydroxyl groups excluding tert-OH is 4. The van der Waals surface area contributed by atoms with Gasteiger partial charge in [0.25, 0.3) is 0 Å². The summed E-state index contributed by atoms with van der Waals surface area (Å²) in [6.45, 7) is 0.497. The first-order chi connectivity index (χ1) is 28.6. The molecule has 61 heavy (non-hydrogen) atoms. The molecule has 0 aromatic carbocycles. The van der Waals surface area contributed by atoms with Crippen molar-refractivity contribution in [1.82, 2.24) is 6.15 Å². The van der Waals surface area contributed by atoms with Gasteiger partial charge in [0.2, 0.25) is 0 Å². The summed E-state index contributed by atoms with van der Waals surface area (Å²) in [6, 6.07) is 0. The van der Waals surface area contributed by atoms with Crippen LogP contribution in [0.2, 0.25) is 0 Å². The van der Waals surface area contributed by atoms with E-state index in [2.05, 4.69) is 94.3 Å². The van der Waals surface area contributed by atoms with E-state index in [4.69, 9.17) is 34.7 Å². The third-order valence-corrected chi connectivity index (χ3v) is 9.66. The van der Waals surface area contributed by atoms with Crippen molar-refractivity contribution < 1.29 is 98.3 Å². The first-order valence-corrected chi connectivity index (χ1v) is 22.1. The van der Waals surface area contributed by atoms with Crippen molar-refractivity contribution in [1.29, 1.82) is 0 Å². The highest BCUT2D eigenvalue weighted by Crippen LogP contribution is 2.49. The van der Waals surface area contributed by atoms with E-state index in [1.165, 1.54) is 44.9 Å². The molecule has 0 amide bonds. The Labute approximate surface area is 380 Å². The second-order valence-electron chi connectivity index (χ2n) is 13.0. The number of hydrogen-bond acceptors (Lipinski definition) is 14. The molecule has 19 heteroatoms. The molecule has 0 heterocycles. The minimum atomic E-state index is -5.40. The zero-order valence-electron chi connectivity index (χ0n) is 33.8. The van der Waals surface area contributed by atoms with E-state index < -0.39 is 83.5 Å². The van der Waals surface area contributed by atoms with Gasteiger partial charge in [-0.25, -0.2) is 13.9 Å². The maximum Gasteiger partial charge on any atom is 0.472 e. The summed E-state index contributed by atoms with van der Waals surface area (Å²) >= 11 is 0. The lowest BCUT2D eigenvalue weighted by Crippen LogP contribution is -2.64. The third kappa shape index (κ3) is 27.8. The first kappa shape index (κ1) is 56.4. The fourth-order valence-electron chi connectivity index (χ4n) is 5.27. The lowest BCUT2D eigenvalue weighted by molar-refractivity contribution is -0.216. The van der Waals surface area contributed by atoms with Crippen LogP contribution < -0.4 is 6.15 Å². The molecule has 0 bridgehead atoms. The molecule has 1 saturated carbocycles. The molecular weight excluding hydrogens is 836 g/mol. The Bertz CT molecular complexity index is 2040. The minimum Gasteiger partial charge on any atom is -0.456 e. The summed E-state index contributed by atoms with van der Waals surface area (Å²) in [5, 5.41) is 41.0. The van der Waals surface area contributed by atoms with Gasteiger partial charge >= 0.3 is 27.6 Å². The van der Waals surface area contributed by atoms with Gasteiger partial charge in [-0.15, -0.1) is 6.42 Å². The van der Waals surface area contributed by atoms with Gasteiger partial charge < -0.3 is 50.7 Å². The molecule has 4 unspecified atom stereocenters. The van der Waals surface area contributed by atoms with Crippen LogP contribution in [0.5, 0.6) is 0 Å². The van der Waals surface area contributed by atoms with Gasteiger partial charge in [-0.1, -0.05) is 84.0 Å². The van der Waals surface area contributed by atoms with Crippen molar-refractivity contribution in [2.45, 2.75) is 140 Å². The Morgan fingerprint density at radius 2 is 1.03 bits per heavy atom. The molecule has 10 N–H and O–H groups in total. The number of terminal acetylenes is 1. The number of phosphoric ester groups is 2. The largest absolute Gasteiger partial charge is 0.472 e. The summed E-state index contributed by atoms with van der Waals surface area (Å²) in [5.41, 5.74) is 0. The standard InChI is InChI=1S/C42H50O16P2.H3N.15H2/c1-3-5-7-9-11-13-15-17-19-20-22-24-26-28-30-35(43)54-32-34(56-36(44)31-29-27-25-23-21-18-16-14-12-10-8-6-4-2)33-55-60(52,53)58-42-39(47)37(45)38(46)41(40(42)48)57-59(49,50)51;;;;;;;;;;;;;;;;/h1,34,37-42,45-48H,4,6,8,10,12,14,16,18,21,23,25,27,29,31-33H2,2H3,(H,52,53)(H2,49,50,51);1H3;15*1H/t34-,37-,38+,39?,40+,41?,42?;;;;;;;;;;;;;;;;/m1................/s1. The average Bonchev–Trinajstić information content (AvgIpc) is 3.20. The smallest absolute Gasteiger partial charge is 0.456 e. The topological polar surface area (TPSA) is 291 Å². The van der Waals surface area contributed by atoms with E-state index >= 15 is 0 Å². The molecule has 0 aromatic heterocycles. The van der Waals surface area contributed by atoms with Crippen LogP contribution in [0.4, 0.5) is 0 Å². The number of esters is 2. The maximum absolute atomic E-state index is 12.9. The first-order valence-electron chi connectivity index (χ1n) is 19.1. The summed E-state index contributed by atoms with van der Waals surface area (Å²) in [7, 11) is -10.8. The molecule has 8 atom stereocenters. The van der Waals surface area contributed by atoms with Crippen LogP contribution in [-0.4, -0.2) is 103 Å². The third-order valence-electron chi connectivity index (χ3n) is 8.15. The number of unbranched alkanes of at least 4 members (excludes halogenated alkanes) is 12. The number of rotatable bonds is 24. The molecule has 0 saturated heterocycles. The zero-order chi connectivity index (χ0) is 44.7. The highest BCUT2D eigenvalue weighted by molar-refractivity contribution is 7.47. The Balaban J connectivity index is -0.000000161. The van der Waals surface area contributed by atoms with Crippen molar-refractivity contribution >= 4 is 27.6 Å². The SMILES string of the molecule is C#CC#CC#CC#CC#CC#CC#CC#CC(=O)OC[C@H](COP(=O)(O)OC1C(O)[C@H](O)[C@H](O)C(OP(=O)(O)O)[C@@H]1O)OC(=O)CCCCCCCCCCCCCCC.N.[HH].[HH].[HH].[HH].[HH].[HH].[HH].[HH].[HH].[HH].[HH].[HH].[HH].[HH].[HH]. The molecule has 1 fully saturated rings. The predicted octanol–water partition coefficient (Wildman–Crippen LogP) is 5.87. The summed E-state index contributed by atoms with van der Waals surface area (Å²) in [4.78, 5) is 53.6. The molecule has 1 aliphatic rings. The van der Waals surface area contributed by atoms with Crippen LogP contribution >= 0.6 is 15.6 Å². The number of hydrogen-bond donors (Lipinski definition) is 8. The lowest BCUT2D eigenvalue weighted by atomic mass is 9.85. The molecule has 1 rings (SSSR count). The highest BCUT2D eigenvalue weighted by atomic mass is 31.2. The Hall–Kier alpha value is -4.56. The lowest BCUT2D eigenvalue weighted by Gasteiger charge is -2.43. The molecule has 0 spiro atoms. The van der Waals surface area contributed by atoms with Gasteiger partial charge in [-0.3, -0.25) is 18.4 Å². The van der Waals surface area contributed by atoms with Crippen molar-refractivity contribution in [3.8, 4) is 95.2 Å². The summed E-state index contributed by atoms with van der Waals surface area (Å²) in [6.07, 6.45) is 3.74. The quantitative estimate of drug-likeness (QED) is 0.0185.